The Bertz CT molecular complexity index is 608. The molecular weight excluding hydrogens is 335 g/mol. The first kappa shape index (κ1) is 20.4. The number of carbonyl (C=O) groups is 2. The number of likely N-dealkylation sites (N-methyl/N-ethyl adjacent to an activating group) is 1. The average molecular weight is 364 g/mol. The molecule has 1 amide bonds. The fourth-order valence-corrected chi connectivity index (χ4v) is 3.47. The third kappa shape index (κ3) is 5.80. The van der Waals surface area contributed by atoms with Crippen LogP contribution in [0.5, 0.6) is 0 Å². The first-order chi connectivity index (χ1) is 12.5. The molecule has 1 atom stereocenters. The maximum atomic E-state index is 13.9. The molecule has 1 saturated heterocycles. The highest BCUT2D eigenvalue weighted by Gasteiger charge is 2.27. The lowest BCUT2D eigenvalue weighted by Crippen LogP contribution is -2.44. The third-order valence-electron chi connectivity index (χ3n) is 4.88. The van der Waals surface area contributed by atoms with Gasteiger partial charge in [0.25, 0.3) is 0 Å². The van der Waals surface area contributed by atoms with Crippen molar-refractivity contribution in [3.05, 3.63) is 35.6 Å². The molecule has 0 aliphatic carbocycles. The van der Waals surface area contributed by atoms with Crippen LogP contribution in [0.25, 0.3) is 0 Å². The standard InChI is InChI=1S/C20H29FN2O3/c1-3-22-12-7-9-17(22)15-23(13-11-20(25)26-4-2)19(24)14-16-8-5-6-10-18(16)21/h5-6,8,10,17H,3-4,7,9,11-15H2,1-2H3. The van der Waals surface area contributed by atoms with Crippen molar-refractivity contribution < 1.29 is 18.7 Å². The van der Waals surface area contributed by atoms with Gasteiger partial charge in [0.2, 0.25) is 5.91 Å². The Morgan fingerprint density at radius 1 is 1.31 bits per heavy atom. The lowest BCUT2D eigenvalue weighted by molar-refractivity contribution is -0.144. The summed E-state index contributed by atoms with van der Waals surface area (Å²) in [7, 11) is 0. The fourth-order valence-electron chi connectivity index (χ4n) is 3.47. The Labute approximate surface area is 155 Å². The van der Waals surface area contributed by atoms with Crippen molar-refractivity contribution in [2.75, 3.05) is 32.8 Å². The maximum Gasteiger partial charge on any atom is 0.307 e. The van der Waals surface area contributed by atoms with Gasteiger partial charge in [-0.25, -0.2) is 4.39 Å². The second kappa shape index (κ2) is 10.3. The highest BCUT2D eigenvalue weighted by atomic mass is 19.1. The van der Waals surface area contributed by atoms with E-state index in [0.717, 1.165) is 25.9 Å². The quantitative estimate of drug-likeness (QED) is 0.632. The summed E-state index contributed by atoms with van der Waals surface area (Å²) in [6.45, 7) is 7.06. The number of hydrogen-bond donors (Lipinski definition) is 0. The molecular formula is C20H29FN2O3. The molecule has 1 aliphatic heterocycles. The summed E-state index contributed by atoms with van der Waals surface area (Å²) in [5.74, 6) is -0.834. The second-order valence-corrected chi connectivity index (χ2v) is 6.59. The van der Waals surface area contributed by atoms with Crippen LogP contribution in [0.3, 0.4) is 0 Å². The second-order valence-electron chi connectivity index (χ2n) is 6.59. The number of nitrogens with zero attached hydrogens (tertiary/aromatic N) is 2. The van der Waals surface area contributed by atoms with E-state index in [1.807, 2.05) is 0 Å². The van der Waals surface area contributed by atoms with Crippen LogP contribution >= 0.6 is 0 Å². The van der Waals surface area contributed by atoms with Crippen molar-refractivity contribution in [2.24, 2.45) is 0 Å². The lowest BCUT2D eigenvalue weighted by atomic mass is 10.1. The molecule has 0 bridgehead atoms. The molecule has 2 rings (SSSR count). The molecule has 1 heterocycles. The minimum atomic E-state index is -0.373. The fraction of sp³-hybridized carbons (Fsp3) is 0.600. The molecule has 1 fully saturated rings. The molecule has 1 aliphatic rings. The van der Waals surface area contributed by atoms with E-state index in [4.69, 9.17) is 4.74 Å². The van der Waals surface area contributed by atoms with E-state index in [9.17, 15) is 14.0 Å². The van der Waals surface area contributed by atoms with Crippen LogP contribution in [0.15, 0.2) is 24.3 Å². The zero-order valence-electron chi connectivity index (χ0n) is 15.7. The van der Waals surface area contributed by atoms with Gasteiger partial charge in [-0.15, -0.1) is 0 Å². The highest BCUT2D eigenvalue weighted by Crippen LogP contribution is 2.19. The number of likely N-dealkylation sites (tertiary alicyclic amines) is 1. The van der Waals surface area contributed by atoms with Crippen molar-refractivity contribution in [3.63, 3.8) is 0 Å². The molecule has 0 N–H and O–H groups in total. The zero-order chi connectivity index (χ0) is 18.9. The smallest absolute Gasteiger partial charge is 0.307 e. The van der Waals surface area contributed by atoms with E-state index >= 15 is 0 Å². The van der Waals surface area contributed by atoms with Crippen molar-refractivity contribution in [1.82, 2.24) is 9.80 Å². The number of amides is 1. The summed E-state index contributed by atoms with van der Waals surface area (Å²) in [4.78, 5) is 28.6. The molecule has 0 spiro atoms. The van der Waals surface area contributed by atoms with Gasteiger partial charge in [-0.05, 0) is 44.5 Å². The van der Waals surface area contributed by atoms with Crippen LogP contribution in [0.2, 0.25) is 0 Å². The van der Waals surface area contributed by atoms with Crippen LogP contribution in [-0.4, -0.2) is 60.5 Å². The number of esters is 1. The van der Waals surface area contributed by atoms with Crippen molar-refractivity contribution >= 4 is 11.9 Å². The van der Waals surface area contributed by atoms with Gasteiger partial charge < -0.3 is 9.64 Å². The number of rotatable bonds is 9. The summed E-state index contributed by atoms with van der Waals surface area (Å²) in [5, 5.41) is 0. The Morgan fingerprint density at radius 3 is 2.77 bits per heavy atom. The highest BCUT2D eigenvalue weighted by molar-refractivity contribution is 5.79. The third-order valence-corrected chi connectivity index (χ3v) is 4.88. The molecule has 26 heavy (non-hydrogen) atoms. The zero-order valence-corrected chi connectivity index (χ0v) is 15.7. The van der Waals surface area contributed by atoms with Crippen LogP contribution in [0, 0.1) is 5.82 Å². The Balaban J connectivity index is 2.04. The SMILES string of the molecule is CCOC(=O)CCN(CC1CCCN1CC)C(=O)Cc1ccccc1F. The minimum Gasteiger partial charge on any atom is -0.466 e. The Morgan fingerprint density at radius 2 is 2.08 bits per heavy atom. The van der Waals surface area contributed by atoms with E-state index in [-0.39, 0.29) is 30.5 Å². The van der Waals surface area contributed by atoms with Crippen LogP contribution < -0.4 is 0 Å². The minimum absolute atomic E-state index is 0.00828. The van der Waals surface area contributed by atoms with E-state index < -0.39 is 0 Å². The molecule has 6 heteroatoms. The van der Waals surface area contributed by atoms with E-state index in [1.165, 1.54) is 6.07 Å². The summed E-state index contributed by atoms with van der Waals surface area (Å²) in [6.07, 6.45) is 2.33. The van der Waals surface area contributed by atoms with Gasteiger partial charge in [-0.2, -0.15) is 0 Å². The topological polar surface area (TPSA) is 49.9 Å². The number of ether oxygens (including phenoxy) is 1. The van der Waals surface area contributed by atoms with Gasteiger partial charge in [-0.1, -0.05) is 25.1 Å². The number of benzene rings is 1. The van der Waals surface area contributed by atoms with Gasteiger partial charge in [0.05, 0.1) is 19.4 Å². The van der Waals surface area contributed by atoms with Gasteiger partial charge in [0, 0.05) is 19.1 Å². The molecule has 1 unspecified atom stereocenters. The molecule has 1 aromatic rings. The van der Waals surface area contributed by atoms with E-state index in [1.54, 1.807) is 30.0 Å². The summed E-state index contributed by atoms with van der Waals surface area (Å²) >= 11 is 0. The summed E-state index contributed by atoms with van der Waals surface area (Å²) < 4.78 is 18.9. The molecule has 144 valence electrons. The number of carbonyl (C=O) groups excluding carboxylic acids is 2. The maximum absolute atomic E-state index is 13.9. The molecule has 0 radical (unpaired) electrons. The van der Waals surface area contributed by atoms with Gasteiger partial charge in [0.15, 0.2) is 0 Å². The predicted molar refractivity (Wildman–Crippen MR) is 98.2 cm³/mol. The van der Waals surface area contributed by atoms with Crippen LogP contribution in [-0.2, 0) is 20.7 Å². The van der Waals surface area contributed by atoms with Gasteiger partial charge in [0.1, 0.15) is 5.82 Å². The van der Waals surface area contributed by atoms with Crippen LogP contribution in [0.4, 0.5) is 4.39 Å². The van der Waals surface area contributed by atoms with E-state index in [0.29, 0.717) is 31.3 Å². The van der Waals surface area contributed by atoms with Gasteiger partial charge >= 0.3 is 5.97 Å². The van der Waals surface area contributed by atoms with Crippen molar-refractivity contribution in [1.29, 1.82) is 0 Å². The first-order valence-electron chi connectivity index (χ1n) is 9.46. The Hall–Kier alpha value is -1.95. The molecule has 1 aromatic carbocycles. The number of halogens is 1. The lowest BCUT2D eigenvalue weighted by Gasteiger charge is -2.30. The monoisotopic (exact) mass is 364 g/mol. The normalized spacial score (nSPS) is 17.3. The Kier molecular flexibility index (Phi) is 8.04. The van der Waals surface area contributed by atoms with Crippen molar-refractivity contribution in [2.45, 2.75) is 45.6 Å². The molecule has 0 aromatic heterocycles. The molecule has 5 nitrogen and oxygen atoms in total. The summed E-state index contributed by atoms with van der Waals surface area (Å²) in [6, 6.07) is 6.63. The predicted octanol–water partition coefficient (Wildman–Crippen LogP) is 2.63. The average Bonchev–Trinajstić information content (AvgIpc) is 3.08. The number of hydrogen-bond acceptors (Lipinski definition) is 4. The van der Waals surface area contributed by atoms with Crippen LogP contribution in [0.1, 0.15) is 38.7 Å². The van der Waals surface area contributed by atoms with Gasteiger partial charge in [-0.3, -0.25) is 14.5 Å². The summed E-state index contributed by atoms with van der Waals surface area (Å²) in [5.41, 5.74) is 0.386. The van der Waals surface area contributed by atoms with E-state index in [2.05, 4.69) is 11.8 Å². The van der Waals surface area contributed by atoms with Crippen molar-refractivity contribution in [3.8, 4) is 0 Å². The molecule has 0 saturated carbocycles. The largest absolute Gasteiger partial charge is 0.466 e. The first-order valence-corrected chi connectivity index (χ1v) is 9.46.